The molecule has 0 radical (unpaired) electrons. The number of carbonyl (C=O) groups excluding carboxylic acids is 1. The zero-order chi connectivity index (χ0) is 17.8. The second-order valence-corrected chi connectivity index (χ2v) is 6.54. The molecule has 2 aromatic rings. The number of amides is 1. The molecule has 4 nitrogen and oxygen atoms in total. The summed E-state index contributed by atoms with van der Waals surface area (Å²) in [7, 11) is 0. The summed E-state index contributed by atoms with van der Waals surface area (Å²) >= 11 is 0. The van der Waals surface area contributed by atoms with Crippen molar-refractivity contribution in [2.45, 2.75) is 31.2 Å². The van der Waals surface area contributed by atoms with Gasteiger partial charge in [0.15, 0.2) is 0 Å². The van der Waals surface area contributed by atoms with E-state index < -0.39 is 24.2 Å². The van der Waals surface area contributed by atoms with Gasteiger partial charge in [0.2, 0.25) is 0 Å². The van der Waals surface area contributed by atoms with Crippen LogP contribution in [0.4, 0.5) is 13.2 Å². The number of alkyl halides is 3. The number of hydrogen-bond donors (Lipinski definition) is 1. The van der Waals surface area contributed by atoms with E-state index in [0.29, 0.717) is 0 Å². The van der Waals surface area contributed by atoms with Crippen molar-refractivity contribution >= 4 is 22.4 Å². The van der Waals surface area contributed by atoms with Crippen LogP contribution >= 0.6 is 0 Å². The van der Waals surface area contributed by atoms with Gasteiger partial charge in [0.1, 0.15) is 0 Å². The number of nitrogens with zero attached hydrogens (tertiary/aromatic N) is 2. The summed E-state index contributed by atoms with van der Waals surface area (Å²) in [6.45, 7) is 0. The Hall–Kier alpha value is -2.41. The van der Waals surface area contributed by atoms with Crippen LogP contribution in [0.1, 0.15) is 29.6 Å². The molecule has 0 saturated heterocycles. The lowest BCUT2D eigenvalue weighted by Gasteiger charge is -2.32. The smallest absolute Gasteiger partial charge is 0.362 e. The van der Waals surface area contributed by atoms with E-state index in [0.717, 1.165) is 23.6 Å². The molecule has 4 rings (SSSR count). The number of hydrazone groups is 1. The quantitative estimate of drug-likeness (QED) is 0.900. The van der Waals surface area contributed by atoms with Crippen molar-refractivity contribution < 1.29 is 23.1 Å². The van der Waals surface area contributed by atoms with Crippen LogP contribution in [0.5, 0.6) is 0 Å². The van der Waals surface area contributed by atoms with E-state index in [2.05, 4.69) is 5.10 Å². The molecule has 1 heterocycles. The van der Waals surface area contributed by atoms with Gasteiger partial charge in [-0.15, -0.1) is 0 Å². The average molecular weight is 348 g/mol. The van der Waals surface area contributed by atoms with E-state index in [-0.39, 0.29) is 22.2 Å². The summed E-state index contributed by atoms with van der Waals surface area (Å²) in [5.41, 5.74) is -2.98. The molecule has 0 bridgehead atoms. The molecule has 0 aromatic heterocycles. The highest BCUT2D eigenvalue weighted by molar-refractivity contribution is 6.01. The third-order valence-corrected chi connectivity index (χ3v) is 4.70. The molecule has 7 heteroatoms. The van der Waals surface area contributed by atoms with Crippen LogP contribution in [0.15, 0.2) is 47.6 Å². The van der Waals surface area contributed by atoms with Gasteiger partial charge in [-0.3, -0.25) is 4.79 Å². The maximum Gasteiger partial charge on any atom is 0.438 e. The van der Waals surface area contributed by atoms with Gasteiger partial charge in [0, 0.05) is 17.7 Å². The van der Waals surface area contributed by atoms with Gasteiger partial charge in [0.05, 0.1) is 0 Å². The van der Waals surface area contributed by atoms with Crippen molar-refractivity contribution in [1.29, 1.82) is 0 Å². The first-order valence-electron chi connectivity index (χ1n) is 7.99. The summed E-state index contributed by atoms with van der Waals surface area (Å²) in [5, 5.41) is 15.9. The van der Waals surface area contributed by atoms with Gasteiger partial charge in [0.25, 0.3) is 11.6 Å². The Balaban J connectivity index is 1.74. The molecule has 1 fully saturated rings. The molecule has 1 saturated carbocycles. The SMILES string of the molecule is O=C(c1ccc2ccccc2c1)N1N=C(C2CC2)C[C@@]1(O)C(F)(F)F. The fourth-order valence-electron chi connectivity index (χ4n) is 3.09. The minimum atomic E-state index is -4.99. The van der Waals surface area contributed by atoms with E-state index in [1.165, 1.54) is 12.1 Å². The highest BCUT2D eigenvalue weighted by Gasteiger charge is 2.64. The molecule has 0 unspecified atom stereocenters. The predicted molar refractivity (Wildman–Crippen MR) is 85.9 cm³/mol. The second-order valence-electron chi connectivity index (χ2n) is 6.54. The fraction of sp³-hybridized carbons (Fsp3) is 0.333. The number of rotatable bonds is 2. The van der Waals surface area contributed by atoms with Crippen LogP contribution in [0.3, 0.4) is 0 Å². The number of fused-ring (bicyclic) bond motifs is 1. The molecular formula is C18H15F3N2O2. The van der Waals surface area contributed by atoms with Gasteiger partial charge in [-0.2, -0.15) is 23.3 Å². The van der Waals surface area contributed by atoms with E-state index in [1.807, 2.05) is 12.1 Å². The Kier molecular flexibility index (Phi) is 3.40. The molecule has 1 aliphatic heterocycles. The topological polar surface area (TPSA) is 52.9 Å². The number of benzene rings is 2. The van der Waals surface area contributed by atoms with Crippen molar-refractivity contribution in [2.24, 2.45) is 11.0 Å². The summed E-state index contributed by atoms with van der Waals surface area (Å²) in [5.74, 6) is -1.02. The average Bonchev–Trinajstić information content (AvgIpc) is 3.36. The van der Waals surface area contributed by atoms with Gasteiger partial charge >= 0.3 is 6.18 Å². The molecule has 2 aliphatic rings. The minimum Gasteiger partial charge on any atom is -0.362 e. The van der Waals surface area contributed by atoms with Gasteiger partial charge in [-0.25, -0.2) is 0 Å². The van der Waals surface area contributed by atoms with Crippen LogP contribution in [-0.4, -0.2) is 33.6 Å². The van der Waals surface area contributed by atoms with E-state index >= 15 is 0 Å². The zero-order valence-corrected chi connectivity index (χ0v) is 13.1. The molecular weight excluding hydrogens is 333 g/mol. The van der Waals surface area contributed by atoms with Crippen molar-refractivity contribution in [2.75, 3.05) is 0 Å². The van der Waals surface area contributed by atoms with Gasteiger partial charge < -0.3 is 5.11 Å². The standard InChI is InChI=1S/C18H15F3N2O2/c19-18(20,21)17(25)10-15(12-6-7-12)22-23(17)16(24)14-8-5-11-3-1-2-4-13(11)9-14/h1-5,8-9,12,25H,6-7,10H2/t17-/m1/s1. The molecule has 1 N–H and O–H groups in total. The fourth-order valence-corrected chi connectivity index (χ4v) is 3.09. The van der Waals surface area contributed by atoms with Gasteiger partial charge in [-0.1, -0.05) is 30.3 Å². The van der Waals surface area contributed by atoms with E-state index in [4.69, 9.17) is 0 Å². The van der Waals surface area contributed by atoms with Crippen molar-refractivity contribution in [1.82, 2.24) is 5.01 Å². The molecule has 1 aliphatic carbocycles. The minimum absolute atomic E-state index is 0.0576. The Morgan fingerprint density at radius 3 is 2.48 bits per heavy atom. The lowest BCUT2D eigenvalue weighted by atomic mass is 10.0. The van der Waals surface area contributed by atoms with E-state index in [9.17, 15) is 23.1 Å². The Morgan fingerprint density at radius 2 is 1.84 bits per heavy atom. The molecule has 0 spiro atoms. The first kappa shape index (κ1) is 16.1. The third-order valence-electron chi connectivity index (χ3n) is 4.70. The first-order valence-corrected chi connectivity index (χ1v) is 7.99. The largest absolute Gasteiger partial charge is 0.438 e. The molecule has 2 aromatic carbocycles. The van der Waals surface area contributed by atoms with Crippen molar-refractivity contribution in [3.63, 3.8) is 0 Å². The van der Waals surface area contributed by atoms with E-state index in [1.54, 1.807) is 18.2 Å². The molecule has 1 amide bonds. The Labute approximate surface area is 141 Å². The van der Waals surface area contributed by atoms with Crippen LogP contribution < -0.4 is 0 Å². The van der Waals surface area contributed by atoms with Crippen LogP contribution in [0.2, 0.25) is 0 Å². The summed E-state index contributed by atoms with van der Waals surface area (Å²) < 4.78 is 40.4. The highest BCUT2D eigenvalue weighted by atomic mass is 19.4. The molecule has 25 heavy (non-hydrogen) atoms. The number of aliphatic hydroxyl groups is 1. The van der Waals surface area contributed by atoms with Crippen molar-refractivity contribution in [3.05, 3.63) is 48.0 Å². The summed E-state index contributed by atoms with van der Waals surface area (Å²) in [6, 6.07) is 11.8. The third kappa shape index (κ3) is 2.59. The number of halogens is 3. The summed E-state index contributed by atoms with van der Waals surface area (Å²) in [6.07, 6.45) is -4.18. The van der Waals surface area contributed by atoms with Gasteiger partial charge in [-0.05, 0) is 41.7 Å². The maximum atomic E-state index is 13.5. The monoisotopic (exact) mass is 348 g/mol. The first-order chi connectivity index (χ1) is 11.8. The lowest BCUT2D eigenvalue weighted by molar-refractivity contribution is -0.297. The number of carbonyl (C=O) groups is 1. The maximum absolute atomic E-state index is 13.5. The van der Waals surface area contributed by atoms with Crippen LogP contribution in [0.25, 0.3) is 10.8 Å². The van der Waals surface area contributed by atoms with Crippen LogP contribution in [0, 0.1) is 5.92 Å². The zero-order valence-electron chi connectivity index (χ0n) is 13.1. The lowest BCUT2D eigenvalue weighted by Crippen LogP contribution is -2.56. The molecule has 1 atom stereocenters. The molecule has 130 valence electrons. The summed E-state index contributed by atoms with van der Waals surface area (Å²) in [4.78, 5) is 12.7. The van der Waals surface area contributed by atoms with Crippen molar-refractivity contribution in [3.8, 4) is 0 Å². The normalized spacial score (nSPS) is 23.8. The second kappa shape index (κ2) is 5.29. The highest BCUT2D eigenvalue weighted by Crippen LogP contribution is 2.45. The van der Waals surface area contributed by atoms with Crippen LogP contribution in [-0.2, 0) is 0 Å². The Bertz CT molecular complexity index is 889. The number of hydrogen-bond acceptors (Lipinski definition) is 3. The Morgan fingerprint density at radius 1 is 1.16 bits per heavy atom. The predicted octanol–water partition coefficient (Wildman–Crippen LogP) is 3.70.